The van der Waals surface area contributed by atoms with E-state index in [-0.39, 0.29) is 23.1 Å². The first-order valence-corrected chi connectivity index (χ1v) is 12.3. The molecule has 5 aromatic rings. The van der Waals surface area contributed by atoms with Crippen LogP contribution in [0.3, 0.4) is 0 Å². The predicted octanol–water partition coefficient (Wildman–Crippen LogP) is 4.15. The van der Waals surface area contributed by atoms with Crippen molar-refractivity contribution in [2.24, 2.45) is 7.05 Å². The van der Waals surface area contributed by atoms with Crippen LogP contribution in [-0.2, 0) is 13.5 Å². The van der Waals surface area contributed by atoms with Crippen LogP contribution in [0, 0.1) is 0 Å². The Bertz CT molecular complexity index is 1770. The lowest BCUT2D eigenvalue weighted by Gasteiger charge is -2.39. The van der Waals surface area contributed by atoms with Gasteiger partial charge in [-0.3, -0.25) is 9.36 Å². The van der Waals surface area contributed by atoms with E-state index in [1.54, 1.807) is 37.4 Å². The van der Waals surface area contributed by atoms with Crippen molar-refractivity contribution in [2.45, 2.75) is 12.5 Å². The Morgan fingerprint density at radius 2 is 1.82 bits per heavy atom. The Balaban J connectivity index is 1.59. The molecule has 39 heavy (non-hydrogen) atoms. The van der Waals surface area contributed by atoms with Crippen molar-refractivity contribution in [1.82, 2.24) is 14.5 Å². The largest absolute Gasteiger partial charge is 0.501 e. The van der Waals surface area contributed by atoms with Crippen LogP contribution in [0.25, 0.3) is 22.7 Å². The molecule has 3 aromatic carbocycles. The molecule has 196 valence electrons. The van der Waals surface area contributed by atoms with E-state index in [1.165, 1.54) is 11.6 Å². The molecule has 3 heterocycles. The van der Waals surface area contributed by atoms with Gasteiger partial charge in [-0.05, 0) is 47.9 Å². The number of rotatable bonds is 5. The lowest BCUT2D eigenvalue weighted by Crippen LogP contribution is -2.40. The zero-order valence-corrected chi connectivity index (χ0v) is 21.2. The molecule has 1 aliphatic heterocycles. The quantitative estimate of drug-likeness (QED) is 0.348. The summed E-state index contributed by atoms with van der Waals surface area (Å²) in [7, 11) is 3.10. The van der Waals surface area contributed by atoms with Crippen LogP contribution >= 0.6 is 0 Å². The minimum Gasteiger partial charge on any atom is -0.501 e. The number of aromatic nitrogens is 3. The van der Waals surface area contributed by atoms with E-state index in [2.05, 4.69) is 4.98 Å². The Morgan fingerprint density at radius 1 is 1.05 bits per heavy atom. The third kappa shape index (κ3) is 3.97. The summed E-state index contributed by atoms with van der Waals surface area (Å²) in [5.41, 5.74) is 2.98. The maximum atomic E-state index is 13.3. The number of aromatic hydroxyl groups is 1. The molecular formula is C29H24N4O6. The molecule has 1 aliphatic rings. The zero-order valence-electron chi connectivity index (χ0n) is 21.2. The van der Waals surface area contributed by atoms with Crippen molar-refractivity contribution in [3.63, 3.8) is 0 Å². The summed E-state index contributed by atoms with van der Waals surface area (Å²) < 4.78 is 12.8. The third-order valence-corrected chi connectivity index (χ3v) is 7.05. The van der Waals surface area contributed by atoms with Gasteiger partial charge in [0.25, 0.3) is 11.4 Å². The van der Waals surface area contributed by atoms with Crippen LogP contribution in [0.2, 0.25) is 0 Å². The monoisotopic (exact) mass is 524 g/mol. The van der Waals surface area contributed by atoms with Crippen molar-refractivity contribution in [1.29, 1.82) is 0 Å². The summed E-state index contributed by atoms with van der Waals surface area (Å²) in [4.78, 5) is 36.2. The van der Waals surface area contributed by atoms with Gasteiger partial charge in [-0.25, -0.2) is 14.8 Å². The summed E-state index contributed by atoms with van der Waals surface area (Å²) in [6.07, 6.45) is 0.579. The van der Waals surface area contributed by atoms with Crippen LogP contribution in [0.4, 0.5) is 5.95 Å². The number of hydrogen-bond acceptors (Lipinski definition) is 8. The molecule has 1 atom stereocenters. The average molecular weight is 525 g/mol. The highest BCUT2D eigenvalue weighted by molar-refractivity contribution is 5.88. The fraction of sp³-hybridized carbons (Fsp3) is 0.172. The standard InChI is InChI=1S/C29H24N4O6/c1-32-27(35)25(34)23(26-30-20-8-4-6-10-22(20)39-26)31-29(32)33-14-13-16-11-12-17(28(36)37)15-19(16)24(33)18-7-3-5-9-21(18)38-2/h3-12,15,24,34H,13-14H2,1-2H3,(H,36,37). The van der Waals surface area contributed by atoms with Gasteiger partial charge in [0.05, 0.1) is 18.7 Å². The summed E-state index contributed by atoms with van der Waals surface area (Å²) in [5, 5.41) is 20.5. The number of oxazole rings is 1. The van der Waals surface area contributed by atoms with Gasteiger partial charge >= 0.3 is 5.97 Å². The highest BCUT2D eigenvalue weighted by Gasteiger charge is 2.35. The molecule has 10 heteroatoms. The number of nitrogens with zero attached hydrogens (tertiary/aromatic N) is 4. The summed E-state index contributed by atoms with van der Waals surface area (Å²) in [5.74, 6) is -0.734. The van der Waals surface area contributed by atoms with Gasteiger partial charge in [-0.1, -0.05) is 36.4 Å². The number of anilines is 1. The van der Waals surface area contributed by atoms with Crippen LogP contribution < -0.4 is 15.2 Å². The molecule has 10 nitrogen and oxygen atoms in total. The lowest BCUT2D eigenvalue weighted by atomic mass is 9.86. The van der Waals surface area contributed by atoms with Crippen LogP contribution in [0.5, 0.6) is 11.5 Å². The van der Waals surface area contributed by atoms with E-state index in [4.69, 9.17) is 14.1 Å². The number of ether oxygens (including phenoxy) is 1. The van der Waals surface area contributed by atoms with E-state index in [0.29, 0.717) is 29.8 Å². The van der Waals surface area contributed by atoms with E-state index in [0.717, 1.165) is 16.7 Å². The number of fused-ring (bicyclic) bond motifs is 2. The first-order chi connectivity index (χ1) is 18.9. The van der Waals surface area contributed by atoms with E-state index in [1.807, 2.05) is 41.3 Å². The molecular weight excluding hydrogens is 500 g/mol. The van der Waals surface area contributed by atoms with Crippen molar-refractivity contribution >= 4 is 23.0 Å². The molecule has 6 rings (SSSR count). The third-order valence-electron chi connectivity index (χ3n) is 7.05. The van der Waals surface area contributed by atoms with Gasteiger partial charge < -0.3 is 24.3 Å². The highest BCUT2D eigenvalue weighted by Crippen LogP contribution is 2.42. The molecule has 0 saturated carbocycles. The summed E-state index contributed by atoms with van der Waals surface area (Å²) in [6.45, 7) is 0.459. The Kier molecular flexibility index (Phi) is 5.79. The van der Waals surface area contributed by atoms with Gasteiger partial charge in [-0.2, -0.15) is 0 Å². The molecule has 0 fully saturated rings. The number of carboxylic acid groups (broad SMARTS) is 1. The number of para-hydroxylation sites is 3. The first-order valence-electron chi connectivity index (χ1n) is 12.3. The van der Waals surface area contributed by atoms with Crippen LogP contribution in [0.15, 0.2) is 75.9 Å². The molecule has 0 bridgehead atoms. The summed E-state index contributed by atoms with van der Waals surface area (Å²) in [6, 6.07) is 19.1. The van der Waals surface area contributed by atoms with E-state index < -0.39 is 23.3 Å². The van der Waals surface area contributed by atoms with Crippen molar-refractivity contribution in [3.8, 4) is 23.1 Å². The van der Waals surface area contributed by atoms with Crippen molar-refractivity contribution in [2.75, 3.05) is 18.6 Å². The lowest BCUT2D eigenvalue weighted by molar-refractivity contribution is 0.0696. The zero-order chi connectivity index (χ0) is 27.3. The molecule has 0 radical (unpaired) electrons. The second kappa shape index (κ2) is 9.32. The maximum Gasteiger partial charge on any atom is 0.335 e. The van der Waals surface area contributed by atoms with Gasteiger partial charge in [-0.15, -0.1) is 0 Å². The van der Waals surface area contributed by atoms with E-state index in [9.17, 15) is 19.8 Å². The average Bonchev–Trinajstić information content (AvgIpc) is 3.39. The van der Waals surface area contributed by atoms with Gasteiger partial charge in [0.2, 0.25) is 11.7 Å². The van der Waals surface area contributed by atoms with E-state index >= 15 is 0 Å². The predicted molar refractivity (Wildman–Crippen MR) is 143 cm³/mol. The Morgan fingerprint density at radius 3 is 2.59 bits per heavy atom. The second-order valence-electron chi connectivity index (χ2n) is 9.27. The number of aromatic carboxylic acids is 1. The van der Waals surface area contributed by atoms with Crippen LogP contribution in [-0.4, -0.2) is 44.4 Å². The SMILES string of the molecule is COc1ccccc1C1c2cc(C(=O)O)ccc2CCN1c1nc(-c2nc3ccccc3o2)c(O)c(=O)n1C. The van der Waals surface area contributed by atoms with Crippen molar-refractivity contribution in [3.05, 3.63) is 99.3 Å². The molecule has 1 unspecified atom stereocenters. The fourth-order valence-electron chi connectivity index (χ4n) is 5.15. The maximum absolute atomic E-state index is 13.3. The second-order valence-corrected chi connectivity index (χ2v) is 9.27. The van der Waals surface area contributed by atoms with Crippen molar-refractivity contribution < 1.29 is 24.2 Å². The molecule has 0 spiro atoms. The molecule has 0 aliphatic carbocycles. The topological polar surface area (TPSA) is 131 Å². The minimum absolute atomic E-state index is 0.0204. The van der Waals surface area contributed by atoms with Gasteiger partial charge in [0, 0.05) is 19.2 Å². The molecule has 2 N–H and O–H groups in total. The Hall–Kier alpha value is -5.12. The number of carboxylic acids is 1. The molecule has 0 saturated heterocycles. The molecule has 2 aromatic heterocycles. The minimum atomic E-state index is -1.04. The fourth-order valence-corrected chi connectivity index (χ4v) is 5.15. The first kappa shape index (κ1) is 24.2. The number of benzene rings is 3. The highest BCUT2D eigenvalue weighted by atomic mass is 16.5. The number of carbonyl (C=O) groups is 1. The van der Waals surface area contributed by atoms with Gasteiger partial charge in [0.15, 0.2) is 11.3 Å². The van der Waals surface area contributed by atoms with Gasteiger partial charge in [0.1, 0.15) is 11.3 Å². The van der Waals surface area contributed by atoms with Crippen LogP contribution in [0.1, 0.15) is 33.1 Å². The molecule has 0 amide bonds. The summed E-state index contributed by atoms with van der Waals surface area (Å²) >= 11 is 0. The normalized spacial score (nSPS) is 14.8. The number of methoxy groups -OCH3 is 1. The smallest absolute Gasteiger partial charge is 0.335 e. The number of hydrogen-bond donors (Lipinski definition) is 2. The Labute approximate surface area is 222 Å².